The number of hydrogen-bond acceptors (Lipinski definition) is 5. The Kier molecular flexibility index (Phi) is 4.54. The van der Waals surface area contributed by atoms with Gasteiger partial charge in [0.05, 0.1) is 11.9 Å². The number of nitrogens with zero attached hydrogens (tertiary/aromatic N) is 4. The van der Waals surface area contributed by atoms with Gasteiger partial charge >= 0.3 is 0 Å². The van der Waals surface area contributed by atoms with Gasteiger partial charge in [0.2, 0.25) is 0 Å². The van der Waals surface area contributed by atoms with Crippen LogP contribution in [0.25, 0.3) is 23.2 Å². The molecule has 0 unspecified atom stereocenters. The number of benzene rings is 1. The van der Waals surface area contributed by atoms with Crippen LogP contribution in [0.3, 0.4) is 0 Å². The van der Waals surface area contributed by atoms with Gasteiger partial charge in [0.1, 0.15) is 12.3 Å². The predicted octanol–water partition coefficient (Wildman–Crippen LogP) is 3.78. The molecule has 136 valence electrons. The van der Waals surface area contributed by atoms with Crippen molar-refractivity contribution in [2.45, 2.75) is 26.7 Å². The van der Waals surface area contributed by atoms with Gasteiger partial charge in [-0.25, -0.2) is 14.6 Å². The molecule has 1 aliphatic rings. The summed E-state index contributed by atoms with van der Waals surface area (Å²) in [4.78, 5) is 21.3. The van der Waals surface area contributed by atoms with E-state index in [0.717, 1.165) is 23.2 Å². The van der Waals surface area contributed by atoms with Crippen LogP contribution in [0.15, 0.2) is 48.3 Å². The van der Waals surface area contributed by atoms with Crippen LogP contribution < -0.4 is 4.74 Å². The quantitative estimate of drug-likeness (QED) is 0.692. The van der Waals surface area contributed by atoms with E-state index in [-0.39, 0.29) is 12.4 Å². The highest BCUT2D eigenvalue weighted by Crippen LogP contribution is 2.29. The summed E-state index contributed by atoms with van der Waals surface area (Å²) >= 11 is 0. The van der Waals surface area contributed by atoms with Crippen LogP contribution in [0.5, 0.6) is 5.75 Å². The first-order valence-electron chi connectivity index (χ1n) is 9.01. The van der Waals surface area contributed by atoms with Crippen molar-refractivity contribution in [2.75, 3.05) is 6.61 Å². The Bertz CT molecular complexity index is 1020. The van der Waals surface area contributed by atoms with E-state index in [9.17, 15) is 4.79 Å². The monoisotopic (exact) mass is 360 g/mol. The molecular formula is C21H20N4O2. The molecule has 1 aliphatic heterocycles. The minimum absolute atomic E-state index is 0.103. The van der Waals surface area contributed by atoms with Gasteiger partial charge in [0.25, 0.3) is 5.95 Å². The molecule has 0 fully saturated rings. The third-order valence-corrected chi connectivity index (χ3v) is 4.46. The van der Waals surface area contributed by atoms with E-state index in [4.69, 9.17) is 4.74 Å². The molecule has 27 heavy (non-hydrogen) atoms. The van der Waals surface area contributed by atoms with Crippen molar-refractivity contribution < 1.29 is 9.53 Å². The van der Waals surface area contributed by atoms with Crippen molar-refractivity contribution in [2.24, 2.45) is 0 Å². The molecule has 3 heterocycles. The summed E-state index contributed by atoms with van der Waals surface area (Å²) in [5.74, 6) is 1.19. The Hall–Kier alpha value is -3.28. The molecular weight excluding hydrogens is 340 g/mol. The van der Waals surface area contributed by atoms with Crippen LogP contribution in [0.4, 0.5) is 0 Å². The predicted molar refractivity (Wildman–Crippen MR) is 103 cm³/mol. The molecule has 0 N–H and O–H groups in total. The van der Waals surface area contributed by atoms with Gasteiger partial charge in [-0.1, -0.05) is 37.3 Å². The molecule has 6 nitrogen and oxygen atoms in total. The minimum Gasteiger partial charge on any atom is -0.485 e. The summed E-state index contributed by atoms with van der Waals surface area (Å²) in [5, 5.41) is 4.40. The van der Waals surface area contributed by atoms with Gasteiger partial charge in [-0.3, -0.25) is 4.79 Å². The second-order valence-corrected chi connectivity index (χ2v) is 6.49. The van der Waals surface area contributed by atoms with E-state index in [0.29, 0.717) is 29.4 Å². The average molecular weight is 360 g/mol. The average Bonchev–Trinajstić information content (AvgIpc) is 3.19. The van der Waals surface area contributed by atoms with Crippen molar-refractivity contribution in [3.8, 4) is 22.8 Å². The van der Waals surface area contributed by atoms with E-state index in [1.165, 1.54) is 0 Å². The molecule has 2 aromatic heterocycles. The van der Waals surface area contributed by atoms with E-state index in [1.807, 2.05) is 56.5 Å². The van der Waals surface area contributed by atoms with Crippen LogP contribution >= 0.6 is 0 Å². The van der Waals surface area contributed by atoms with Gasteiger partial charge in [-0.2, -0.15) is 5.10 Å². The Morgan fingerprint density at radius 3 is 2.78 bits per heavy atom. The number of aromatic nitrogens is 4. The third-order valence-electron chi connectivity index (χ3n) is 4.46. The zero-order chi connectivity index (χ0) is 18.8. The van der Waals surface area contributed by atoms with Crippen LogP contribution in [-0.4, -0.2) is 32.1 Å². The SMILES string of the molecule is CCCC(=O)C1=Cc2nc(-n3cc(-c4ccccc4)cn3)nc(C)c2OC1. The maximum atomic E-state index is 12.2. The summed E-state index contributed by atoms with van der Waals surface area (Å²) in [7, 11) is 0. The zero-order valence-corrected chi connectivity index (χ0v) is 15.3. The minimum atomic E-state index is 0.103. The van der Waals surface area contributed by atoms with Crippen molar-refractivity contribution >= 4 is 11.9 Å². The van der Waals surface area contributed by atoms with Crippen LogP contribution in [0.1, 0.15) is 31.2 Å². The molecule has 1 aromatic carbocycles. The van der Waals surface area contributed by atoms with Gasteiger partial charge in [-0.05, 0) is 25.0 Å². The molecule has 3 aromatic rings. The van der Waals surface area contributed by atoms with Gasteiger partial charge in [0.15, 0.2) is 11.5 Å². The molecule has 0 atom stereocenters. The van der Waals surface area contributed by atoms with E-state index >= 15 is 0 Å². The largest absolute Gasteiger partial charge is 0.485 e. The lowest BCUT2D eigenvalue weighted by Gasteiger charge is -2.18. The fourth-order valence-electron chi connectivity index (χ4n) is 3.07. The second kappa shape index (κ2) is 7.15. The summed E-state index contributed by atoms with van der Waals surface area (Å²) in [6.07, 6.45) is 6.83. The third kappa shape index (κ3) is 3.38. The van der Waals surface area contributed by atoms with Crippen LogP contribution in [-0.2, 0) is 4.79 Å². The van der Waals surface area contributed by atoms with E-state index < -0.39 is 0 Å². The first-order valence-corrected chi connectivity index (χ1v) is 9.01. The number of hydrogen-bond donors (Lipinski definition) is 0. The number of aryl methyl sites for hydroxylation is 1. The molecule has 0 aliphatic carbocycles. The van der Waals surface area contributed by atoms with Crippen LogP contribution in [0, 0.1) is 6.92 Å². The Labute approximate surface area is 157 Å². The number of fused-ring (bicyclic) bond motifs is 1. The molecule has 0 bridgehead atoms. The Balaban J connectivity index is 1.70. The topological polar surface area (TPSA) is 69.9 Å². The lowest BCUT2D eigenvalue weighted by Crippen LogP contribution is -2.17. The fraction of sp³-hybridized carbons (Fsp3) is 0.238. The molecule has 0 amide bonds. The maximum Gasteiger partial charge on any atom is 0.251 e. The zero-order valence-electron chi connectivity index (χ0n) is 15.3. The summed E-state index contributed by atoms with van der Waals surface area (Å²) in [6.45, 7) is 4.14. The first kappa shape index (κ1) is 17.1. The van der Waals surface area contributed by atoms with Crippen molar-refractivity contribution in [1.82, 2.24) is 19.7 Å². The normalized spacial score (nSPS) is 12.9. The smallest absolute Gasteiger partial charge is 0.251 e. The highest BCUT2D eigenvalue weighted by atomic mass is 16.5. The standard InChI is InChI=1S/C21H20N4O2/c1-3-7-19(26)16-10-18-20(27-13-16)14(2)23-21(24-18)25-12-17(11-22-25)15-8-5-4-6-9-15/h4-6,8-12H,3,7,13H2,1-2H3. The summed E-state index contributed by atoms with van der Waals surface area (Å²) < 4.78 is 7.40. The van der Waals surface area contributed by atoms with Crippen molar-refractivity contribution in [3.05, 3.63) is 59.7 Å². The molecule has 6 heteroatoms. The van der Waals surface area contributed by atoms with Crippen molar-refractivity contribution in [3.63, 3.8) is 0 Å². The maximum absolute atomic E-state index is 12.2. The molecule has 4 rings (SSSR count). The highest BCUT2D eigenvalue weighted by molar-refractivity contribution is 6.00. The number of Topliss-reactive ketones (excluding diaryl/α,β-unsaturated/α-hetero) is 1. The number of ketones is 1. The van der Waals surface area contributed by atoms with E-state index in [1.54, 1.807) is 10.9 Å². The number of rotatable bonds is 5. The number of carbonyl (C=O) groups excluding carboxylic acids is 1. The Morgan fingerprint density at radius 1 is 1.19 bits per heavy atom. The lowest BCUT2D eigenvalue weighted by atomic mass is 10.0. The highest BCUT2D eigenvalue weighted by Gasteiger charge is 2.21. The fourth-order valence-corrected chi connectivity index (χ4v) is 3.07. The van der Waals surface area contributed by atoms with Gasteiger partial charge in [-0.15, -0.1) is 0 Å². The summed E-state index contributed by atoms with van der Waals surface area (Å²) in [6, 6.07) is 10.0. The van der Waals surface area contributed by atoms with Crippen molar-refractivity contribution in [1.29, 1.82) is 0 Å². The molecule has 0 radical (unpaired) electrons. The second-order valence-electron chi connectivity index (χ2n) is 6.49. The van der Waals surface area contributed by atoms with Gasteiger partial charge < -0.3 is 4.74 Å². The van der Waals surface area contributed by atoms with Crippen LogP contribution in [0.2, 0.25) is 0 Å². The first-order chi connectivity index (χ1) is 13.2. The van der Waals surface area contributed by atoms with Gasteiger partial charge in [0, 0.05) is 23.8 Å². The molecule has 0 saturated heterocycles. The number of ether oxygens (including phenoxy) is 1. The number of carbonyl (C=O) groups is 1. The van der Waals surface area contributed by atoms with E-state index in [2.05, 4.69) is 15.1 Å². The molecule has 0 saturated carbocycles. The Morgan fingerprint density at radius 2 is 2.00 bits per heavy atom. The lowest BCUT2D eigenvalue weighted by molar-refractivity contribution is -0.115. The summed E-state index contributed by atoms with van der Waals surface area (Å²) in [5.41, 5.74) is 4.07. The molecule has 0 spiro atoms.